The molecule has 0 aliphatic heterocycles. The van der Waals surface area contributed by atoms with Gasteiger partial charge in [-0.05, 0) is 21.0 Å². The Kier molecular flexibility index (Phi) is 3.84. The van der Waals surface area contributed by atoms with Gasteiger partial charge in [-0.25, -0.2) is 4.79 Å². The fraction of sp³-hybridized carbons (Fsp3) is 0.455. The first-order valence-electron chi connectivity index (χ1n) is 5.01. The maximum Gasteiger partial charge on any atom is 0.341 e. The molecule has 0 unspecified atom stereocenters. The Bertz CT molecular complexity index is 449. The van der Waals surface area contributed by atoms with E-state index in [-0.39, 0.29) is 5.56 Å². The molecule has 0 amide bonds. The Hall–Kier alpha value is -1.62. The number of rotatable bonds is 4. The van der Waals surface area contributed by atoms with Gasteiger partial charge < -0.3 is 14.6 Å². The maximum atomic E-state index is 11.4. The Morgan fingerprint density at radius 3 is 2.62 bits per heavy atom. The zero-order valence-electron chi connectivity index (χ0n) is 9.73. The third-order valence-electron chi connectivity index (χ3n) is 2.36. The highest BCUT2D eigenvalue weighted by Crippen LogP contribution is 2.00. The molecule has 1 rings (SSSR count). The number of hydrogen-bond acceptors (Lipinski definition) is 3. The van der Waals surface area contributed by atoms with E-state index in [1.54, 1.807) is 11.5 Å². The summed E-state index contributed by atoms with van der Waals surface area (Å²) in [4.78, 5) is 24.2. The molecule has 1 N–H and O–H groups in total. The van der Waals surface area contributed by atoms with Crippen molar-refractivity contribution < 1.29 is 9.90 Å². The zero-order chi connectivity index (χ0) is 12.3. The van der Waals surface area contributed by atoms with Crippen LogP contribution in [-0.4, -0.2) is 41.2 Å². The summed E-state index contributed by atoms with van der Waals surface area (Å²) in [6.45, 7) is 3.25. The Labute approximate surface area is 93.9 Å². The third kappa shape index (κ3) is 2.93. The molecular formula is C11H16N2O3. The van der Waals surface area contributed by atoms with Crippen LogP contribution in [0.25, 0.3) is 0 Å². The highest BCUT2D eigenvalue weighted by atomic mass is 16.4. The fourth-order valence-corrected chi connectivity index (χ4v) is 1.38. The van der Waals surface area contributed by atoms with E-state index < -0.39 is 11.4 Å². The summed E-state index contributed by atoms with van der Waals surface area (Å²) in [5.74, 6) is -1.18. The molecule has 0 aliphatic carbocycles. The van der Waals surface area contributed by atoms with E-state index in [1.807, 2.05) is 19.0 Å². The van der Waals surface area contributed by atoms with Gasteiger partial charge in [-0.15, -0.1) is 0 Å². The topological polar surface area (TPSA) is 62.5 Å². The molecule has 1 heterocycles. The quantitative estimate of drug-likeness (QED) is 0.805. The molecule has 5 nitrogen and oxygen atoms in total. The van der Waals surface area contributed by atoms with Crippen LogP contribution in [0.5, 0.6) is 0 Å². The number of likely N-dealkylation sites (N-methyl/N-ethyl adjacent to an activating group) is 1. The average Bonchev–Trinajstić information content (AvgIpc) is 2.15. The molecule has 0 saturated heterocycles. The smallest absolute Gasteiger partial charge is 0.341 e. The zero-order valence-corrected chi connectivity index (χ0v) is 9.73. The Morgan fingerprint density at radius 2 is 2.12 bits per heavy atom. The molecule has 0 radical (unpaired) electrons. The van der Waals surface area contributed by atoms with E-state index in [1.165, 1.54) is 12.3 Å². The summed E-state index contributed by atoms with van der Waals surface area (Å²) >= 11 is 0. The monoisotopic (exact) mass is 224 g/mol. The van der Waals surface area contributed by atoms with Crippen molar-refractivity contribution in [2.24, 2.45) is 0 Å². The number of carboxylic acid groups (broad SMARTS) is 1. The van der Waals surface area contributed by atoms with E-state index in [9.17, 15) is 9.59 Å². The Balaban J connectivity index is 3.05. The van der Waals surface area contributed by atoms with Crippen LogP contribution in [0.2, 0.25) is 0 Å². The first kappa shape index (κ1) is 12.4. The molecule has 0 aliphatic rings. The average molecular weight is 224 g/mol. The van der Waals surface area contributed by atoms with Gasteiger partial charge in [0.15, 0.2) is 5.43 Å². The highest BCUT2D eigenvalue weighted by Gasteiger charge is 2.10. The van der Waals surface area contributed by atoms with E-state index in [0.29, 0.717) is 6.54 Å². The lowest BCUT2D eigenvalue weighted by atomic mass is 10.2. The molecule has 0 aromatic carbocycles. The number of hydrogen-bond donors (Lipinski definition) is 1. The second-order valence-electron chi connectivity index (χ2n) is 3.99. The molecule has 1 aromatic heterocycles. The van der Waals surface area contributed by atoms with Crippen molar-refractivity contribution in [3.63, 3.8) is 0 Å². The van der Waals surface area contributed by atoms with Gasteiger partial charge in [-0.3, -0.25) is 4.79 Å². The number of aryl methyl sites for hydroxylation is 1. The second kappa shape index (κ2) is 4.94. The van der Waals surface area contributed by atoms with Gasteiger partial charge >= 0.3 is 5.97 Å². The molecule has 5 heteroatoms. The predicted octanol–water partition coefficient (Wildman–Crippen LogP) is 0.417. The first-order chi connectivity index (χ1) is 7.41. The second-order valence-corrected chi connectivity index (χ2v) is 3.99. The number of nitrogens with zero attached hydrogens (tertiary/aromatic N) is 2. The number of pyridine rings is 1. The van der Waals surface area contributed by atoms with Gasteiger partial charge in [0.25, 0.3) is 0 Å². The lowest BCUT2D eigenvalue weighted by Crippen LogP contribution is -2.23. The van der Waals surface area contributed by atoms with Crippen LogP contribution in [0, 0.1) is 6.92 Å². The van der Waals surface area contributed by atoms with Gasteiger partial charge in [0.05, 0.1) is 0 Å². The third-order valence-corrected chi connectivity index (χ3v) is 2.36. The lowest BCUT2D eigenvalue weighted by molar-refractivity contribution is 0.0694. The SMILES string of the molecule is Cc1cc(=O)c(C(=O)O)cn1CCN(C)C. The standard InChI is InChI=1S/C11H16N2O3/c1-8-6-10(14)9(11(15)16)7-13(8)5-4-12(2)3/h6-7H,4-5H2,1-3H3,(H,15,16). The molecule has 0 atom stereocenters. The van der Waals surface area contributed by atoms with Crippen LogP contribution in [0.1, 0.15) is 16.1 Å². The van der Waals surface area contributed by atoms with Crippen molar-refractivity contribution in [2.75, 3.05) is 20.6 Å². The van der Waals surface area contributed by atoms with Crippen LogP contribution >= 0.6 is 0 Å². The van der Waals surface area contributed by atoms with Gasteiger partial charge in [-0.1, -0.05) is 0 Å². The summed E-state index contributed by atoms with van der Waals surface area (Å²) in [5.41, 5.74) is 0.160. The number of aromatic nitrogens is 1. The van der Waals surface area contributed by atoms with E-state index >= 15 is 0 Å². The normalized spacial score (nSPS) is 10.8. The van der Waals surface area contributed by atoms with Crippen LogP contribution < -0.4 is 5.43 Å². The van der Waals surface area contributed by atoms with Crippen LogP contribution in [0.15, 0.2) is 17.1 Å². The van der Waals surface area contributed by atoms with Crippen molar-refractivity contribution >= 4 is 5.97 Å². The molecular weight excluding hydrogens is 208 g/mol. The van der Waals surface area contributed by atoms with Crippen molar-refractivity contribution in [3.05, 3.63) is 33.7 Å². The molecule has 16 heavy (non-hydrogen) atoms. The van der Waals surface area contributed by atoms with Crippen molar-refractivity contribution in [3.8, 4) is 0 Å². The van der Waals surface area contributed by atoms with Crippen LogP contribution in [0.4, 0.5) is 0 Å². The fourth-order valence-electron chi connectivity index (χ4n) is 1.38. The number of carboxylic acids is 1. The minimum atomic E-state index is -1.18. The molecule has 1 aromatic rings. The van der Waals surface area contributed by atoms with Gasteiger partial charge in [0, 0.05) is 31.0 Å². The largest absolute Gasteiger partial charge is 0.477 e. The van der Waals surface area contributed by atoms with Crippen molar-refractivity contribution in [2.45, 2.75) is 13.5 Å². The minimum absolute atomic E-state index is 0.177. The molecule has 88 valence electrons. The van der Waals surface area contributed by atoms with E-state index in [4.69, 9.17) is 5.11 Å². The molecule has 0 bridgehead atoms. The maximum absolute atomic E-state index is 11.4. The number of aromatic carboxylic acids is 1. The predicted molar refractivity (Wildman–Crippen MR) is 61.0 cm³/mol. The Morgan fingerprint density at radius 1 is 1.50 bits per heavy atom. The highest BCUT2D eigenvalue weighted by molar-refractivity contribution is 5.87. The lowest BCUT2D eigenvalue weighted by Gasteiger charge is -2.14. The summed E-state index contributed by atoms with van der Waals surface area (Å²) in [7, 11) is 3.88. The van der Waals surface area contributed by atoms with E-state index in [0.717, 1.165) is 12.2 Å². The van der Waals surface area contributed by atoms with Gasteiger partial charge in [0.1, 0.15) is 5.56 Å². The first-order valence-corrected chi connectivity index (χ1v) is 5.01. The summed E-state index contributed by atoms with van der Waals surface area (Å²) in [6.07, 6.45) is 1.41. The summed E-state index contributed by atoms with van der Waals surface area (Å²) in [5, 5.41) is 8.83. The van der Waals surface area contributed by atoms with Gasteiger partial charge in [-0.2, -0.15) is 0 Å². The van der Waals surface area contributed by atoms with Crippen molar-refractivity contribution in [1.82, 2.24) is 9.47 Å². The molecule has 0 spiro atoms. The van der Waals surface area contributed by atoms with Crippen molar-refractivity contribution in [1.29, 1.82) is 0 Å². The van der Waals surface area contributed by atoms with Crippen LogP contribution in [0.3, 0.4) is 0 Å². The molecule has 0 fully saturated rings. The van der Waals surface area contributed by atoms with E-state index in [2.05, 4.69) is 0 Å². The van der Waals surface area contributed by atoms with Gasteiger partial charge in [0.2, 0.25) is 0 Å². The minimum Gasteiger partial charge on any atom is -0.477 e. The summed E-state index contributed by atoms with van der Waals surface area (Å²) in [6, 6.07) is 1.36. The number of carbonyl (C=O) groups is 1. The van der Waals surface area contributed by atoms with Crippen LogP contribution in [-0.2, 0) is 6.54 Å². The molecule has 0 saturated carbocycles. The summed E-state index contributed by atoms with van der Waals surface area (Å²) < 4.78 is 1.78.